The quantitative estimate of drug-likeness (QED) is 0.742. The number of benzene rings is 1. The molecule has 120 valence electrons. The number of hydrogen-bond donors (Lipinski definition) is 2. The lowest BCUT2D eigenvalue weighted by atomic mass is 10.1. The number of ether oxygens (including phenoxy) is 2. The van der Waals surface area contributed by atoms with E-state index in [1.165, 1.54) is 0 Å². The Morgan fingerprint density at radius 3 is 2.59 bits per heavy atom. The number of rotatable bonds is 3. The fourth-order valence-electron chi connectivity index (χ4n) is 3.13. The van der Waals surface area contributed by atoms with Crippen molar-refractivity contribution in [1.29, 1.82) is 0 Å². The number of fused-ring (bicyclic) bond motifs is 2. The molecule has 0 radical (unpaired) electrons. The van der Waals surface area contributed by atoms with Gasteiger partial charge in [0.15, 0.2) is 0 Å². The van der Waals surface area contributed by atoms with E-state index >= 15 is 0 Å². The highest BCUT2D eigenvalue weighted by Crippen LogP contribution is 2.30. The van der Waals surface area contributed by atoms with Gasteiger partial charge in [0.05, 0.1) is 31.5 Å². The lowest BCUT2D eigenvalue weighted by molar-refractivity contribution is -0.145. The van der Waals surface area contributed by atoms with Crippen LogP contribution in [0.4, 0.5) is 11.4 Å². The molecule has 2 bridgehead atoms. The van der Waals surface area contributed by atoms with Crippen LogP contribution in [0.1, 0.15) is 0 Å². The Morgan fingerprint density at radius 2 is 2.00 bits per heavy atom. The lowest BCUT2D eigenvalue weighted by Crippen LogP contribution is -2.61. The third kappa shape index (κ3) is 2.82. The zero-order valence-corrected chi connectivity index (χ0v) is 12.7. The van der Waals surface area contributed by atoms with Crippen LogP contribution in [0.25, 0.3) is 0 Å². The number of methoxy groups -OCH3 is 1. The SMILES string of the molecule is COc1cc(N2CC3CN(C(=O)CN)CC(C2)O3)ccc1N. The molecule has 1 aromatic rings. The van der Waals surface area contributed by atoms with Crippen molar-refractivity contribution in [2.45, 2.75) is 12.2 Å². The molecule has 2 atom stereocenters. The molecule has 2 aliphatic rings. The number of amides is 1. The predicted octanol–water partition coefficient (Wildman–Crippen LogP) is -0.348. The van der Waals surface area contributed by atoms with E-state index in [4.69, 9.17) is 20.9 Å². The summed E-state index contributed by atoms with van der Waals surface area (Å²) in [6.45, 7) is 2.71. The van der Waals surface area contributed by atoms with Gasteiger partial charge in [-0.25, -0.2) is 0 Å². The average Bonchev–Trinajstić information content (AvgIpc) is 2.53. The van der Waals surface area contributed by atoms with Crippen LogP contribution in [-0.4, -0.2) is 62.8 Å². The van der Waals surface area contributed by atoms with Gasteiger partial charge in [-0.2, -0.15) is 0 Å². The molecule has 2 saturated heterocycles. The van der Waals surface area contributed by atoms with Crippen molar-refractivity contribution in [3.63, 3.8) is 0 Å². The summed E-state index contributed by atoms with van der Waals surface area (Å²) in [6, 6.07) is 5.78. The van der Waals surface area contributed by atoms with Crippen molar-refractivity contribution in [1.82, 2.24) is 4.90 Å². The van der Waals surface area contributed by atoms with Crippen molar-refractivity contribution >= 4 is 17.3 Å². The summed E-state index contributed by atoms with van der Waals surface area (Å²) in [5.74, 6) is 0.662. The van der Waals surface area contributed by atoms with Gasteiger partial charge < -0.3 is 30.7 Å². The number of hydrogen-bond acceptors (Lipinski definition) is 6. The van der Waals surface area contributed by atoms with Gasteiger partial charge in [-0.3, -0.25) is 4.79 Å². The number of carbonyl (C=O) groups is 1. The highest BCUT2D eigenvalue weighted by molar-refractivity contribution is 5.78. The van der Waals surface area contributed by atoms with E-state index in [0.29, 0.717) is 24.5 Å². The lowest BCUT2D eigenvalue weighted by Gasteiger charge is -2.46. The summed E-state index contributed by atoms with van der Waals surface area (Å²) >= 11 is 0. The summed E-state index contributed by atoms with van der Waals surface area (Å²) in [7, 11) is 1.61. The minimum absolute atomic E-state index is 0.00606. The Hall–Kier alpha value is -1.99. The minimum Gasteiger partial charge on any atom is -0.495 e. The maximum Gasteiger partial charge on any atom is 0.236 e. The van der Waals surface area contributed by atoms with Crippen LogP contribution in [0.3, 0.4) is 0 Å². The van der Waals surface area contributed by atoms with Crippen molar-refractivity contribution in [2.24, 2.45) is 5.73 Å². The molecular formula is C15H22N4O3. The Labute approximate surface area is 129 Å². The number of anilines is 2. The minimum atomic E-state index is -0.0131. The topological polar surface area (TPSA) is 94.0 Å². The van der Waals surface area contributed by atoms with Gasteiger partial charge in [-0.1, -0.05) is 0 Å². The van der Waals surface area contributed by atoms with Crippen molar-refractivity contribution in [2.75, 3.05) is 50.5 Å². The first-order valence-corrected chi connectivity index (χ1v) is 7.42. The fraction of sp³-hybridized carbons (Fsp3) is 0.533. The van der Waals surface area contributed by atoms with Gasteiger partial charge in [-0.15, -0.1) is 0 Å². The van der Waals surface area contributed by atoms with Gasteiger partial charge in [0.2, 0.25) is 5.91 Å². The highest BCUT2D eigenvalue weighted by Gasteiger charge is 2.36. The number of nitrogens with zero attached hydrogens (tertiary/aromatic N) is 2. The van der Waals surface area contributed by atoms with Crippen molar-refractivity contribution in [3.8, 4) is 5.75 Å². The van der Waals surface area contributed by atoms with E-state index in [9.17, 15) is 4.79 Å². The Kier molecular flexibility index (Phi) is 4.08. The molecule has 0 aliphatic carbocycles. The average molecular weight is 306 g/mol. The summed E-state index contributed by atoms with van der Waals surface area (Å²) < 4.78 is 11.2. The second-order valence-corrected chi connectivity index (χ2v) is 5.71. The maximum atomic E-state index is 11.8. The molecule has 22 heavy (non-hydrogen) atoms. The Morgan fingerprint density at radius 1 is 1.32 bits per heavy atom. The van der Waals surface area contributed by atoms with E-state index in [1.54, 1.807) is 12.0 Å². The summed E-state index contributed by atoms with van der Waals surface area (Å²) in [5, 5.41) is 0. The molecule has 4 N–H and O–H groups in total. The van der Waals surface area contributed by atoms with E-state index in [2.05, 4.69) is 4.90 Å². The van der Waals surface area contributed by atoms with Crippen LogP contribution >= 0.6 is 0 Å². The molecule has 0 spiro atoms. The molecule has 0 aromatic heterocycles. The third-order valence-corrected chi connectivity index (χ3v) is 4.19. The van der Waals surface area contributed by atoms with Crippen LogP contribution in [0.15, 0.2) is 18.2 Å². The number of carbonyl (C=O) groups excluding carboxylic acids is 1. The first kappa shape index (κ1) is 14.9. The van der Waals surface area contributed by atoms with Crippen LogP contribution < -0.4 is 21.1 Å². The molecule has 7 heteroatoms. The molecule has 0 saturated carbocycles. The molecule has 1 amide bonds. The highest BCUT2D eigenvalue weighted by atomic mass is 16.5. The predicted molar refractivity (Wildman–Crippen MR) is 83.9 cm³/mol. The fourth-order valence-corrected chi connectivity index (χ4v) is 3.13. The van der Waals surface area contributed by atoms with Gasteiger partial charge in [0.25, 0.3) is 0 Å². The first-order valence-electron chi connectivity index (χ1n) is 7.42. The van der Waals surface area contributed by atoms with Crippen molar-refractivity contribution in [3.05, 3.63) is 18.2 Å². The Bertz CT molecular complexity index is 552. The second-order valence-electron chi connectivity index (χ2n) is 5.71. The second kappa shape index (κ2) is 6.02. The van der Waals surface area contributed by atoms with Gasteiger partial charge in [-0.05, 0) is 12.1 Å². The van der Waals surface area contributed by atoms with Gasteiger partial charge in [0.1, 0.15) is 5.75 Å². The van der Waals surface area contributed by atoms with E-state index in [-0.39, 0.29) is 24.7 Å². The largest absolute Gasteiger partial charge is 0.495 e. The van der Waals surface area contributed by atoms with Gasteiger partial charge >= 0.3 is 0 Å². The molecule has 2 heterocycles. The smallest absolute Gasteiger partial charge is 0.236 e. The number of morpholine rings is 2. The van der Waals surface area contributed by atoms with Crippen molar-refractivity contribution < 1.29 is 14.3 Å². The zero-order valence-electron chi connectivity index (χ0n) is 12.7. The summed E-state index contributed by atoms with van der Waals surface area (Å²) in [5.41, 5.74) is 13.0. The van der Waals surface area contributed by atoms with E-state index < -0.39 is 0 Å². The normalized spacial score (nSPS) is 24.3. The zero-order chi connectivity index (χ0) is 15.7. The first-order chi connectivity index (χ1) is 10.6. The Balaban J connectivity index is 1.73. The van der Waals surface area contributed by atoms with E-state index in [0.717, 1.165) is 18.8 Å². The molecule has 2 aliphatic heterocycles. The molecule has 7 nitrogen and oxygen atoms in total. The van der Waals surface area contributed by atoms with E-state index in [1.807, 2.05) is 18.2 Å². The standard InChI is InChI=1S/C15H22N4O3/c1-21-14-4-10(2-3-13(14)17)18-6-11-8-19(15(20)5-16)9-12(7-18)22-11/h2-4,11-12H,5-9,16-17H2,1H3. The third-order valence-electron chi connectivity index (χ3n) is 4.19. The van der Waals surface area contributed by atoms with Crippen LogP contribution in [0, 0.1) is 0 Å². The van der Waals surface area contributed by atoms with Crippen LogP contribution in [0.5, 0.6) is 5.75 Å². The maximum absolute atomic E-state index is 11.8. The molecule has 3 rings (SSSR count). The summed E-state index contributed by atoms with van der Waals surface area (Å²) in [4.78, 5) is 15.8. The van der Waals surface area contributed by atoms with Crippen LogP contribution in [-0.2, 0) is 9.53 Å². The molecular weight excluding hydrogens is 284 g/mol. The number of nitrogens with two attached hydrogens (primary N) is 2. The molecule has 2 fully saturated rings. The number of nitrogen functional groups attached to an aromatic ring is 1. The molecule has 1 aromatic carbocycles. The van der Waals surface area contributed by atoms with Gasteiger partial charge in [0, 0.05) is 37.9 Å². The molecule has 2 unspecified atom stereocenters. The van der Waals surface area contributed by atoms with Crippen LogP contribution in [0.2, 0.25) is 0 Å². The summed E-state index contributed by atoms with van der Waals surface area (Å²) in [6.07, 6.45) is 0.0121. The monoisotopic (exact) mass is 306 g/mol.